The Bertz CT molecular complexity index is 795. The Morgan fingerprint density at radius 1 is 1.27 bits per heavy atom. The molecule has 2 heterocycles. The predicted octanol–water partition coefficient (Wildman–Crippen LogP) is 1.42. The summed E-state index contributed by atoms with van der Waals surface area (Å²) < 4.78 is 1.88. The first kappa shape index (κ1) is 18.1. The van der Waals surface area contributed by atoms with Crippen molar-refractivity contribution in [3.63, 3.8) is 0 Å². The molecular weight excluding hydrogens is 330 g/mol. The van der Waals surface area contributed by atoms with Gasteiger partial charge < -0.3 is 10.2 Å². The second-order valence-corrected chi connectivity index (χ2v) is 6.85. The van der Waals surface area contributed by atoms with Crippen molar-refractivity contribution in [2.24, 2.45) is 0 Å². The van der Waals surface area contributed by atoms with Crippen LogP contribution in [0.25, 0.3) is 0 Å². The number of fused-ring (bicyclic) bond motifs is 1. The molecule has 7 heteroatoms. The zero-order valence-corrected chi connectivity index (χ0v) is 15.5. The summed E-state index contributed by atoms with van der Waals surface area (Å²) in [7, 11) is 3.94. The first-order chi connectivity index (χ1) is 12.4. The fraction of sp³-hybridized carbons (Fsp3) is 0.421. The van der Waals surface area contributed by atoms with Gasteiger partial charge in [-0.25, -0.2) is 4.68 Å². The van der Waals surface area contributed by atoms with E-state index in [-0.39, 0.29) is 11.8 Å². The average molecular weight is 355 g/mol. The number of aryl methyl sites for hydroxylation is 2. The lowest BCUT2D eigenvalue weighted by atomic mass is 10.1. The minimum atomic E-state index is -0.0823. The number of likely N-dealkylation sites (N-methyl/N-ethyl adjacent to an activating group) is 1. The Labute approximate surface area is 153 Å². The summed E-state index contributed by atoms with van der Waals surface area (Å²) in [4.78, 5) is 28.3. The van der Waals surface area contributed by atoms with Crippen LogP contribution in [0.4, 0.5) is 5.82 Å². The van der Waals surface area contributed by atoms with Gasteiger partial charge in [0.25, 0.3) is 5.91 Å². The van der Waals surface area contributed by atoms with Gasteiger partial charge in [0.1, 0.15) is 5.82 Å². The smallest absolute Gasteiger partial charge is 0.251 e. The van der Waals surface area contributed by atoms with Crippen LogP contribution in [0.2, 0.25) is 0 Å². The van der Waals surface area contributed by atoms with Crippen LogP contribution in [0, 0.1) is 6.92 Å². The fourth-order valence-corrected chi connectivity index (χ4v) is 2.99. The Morgan fingerprint density at radius 2 is 2.00 bits per heavy atom. The van der Waals surface area contributed by atoms with Crippen LogP contribution in [-0.2, 0) is 17.9 Å². The van der Waals surface area contributed by atoms with E-state index in [2.05, 4.69) is 10.4 Å². The normalized spacial score (nSPS) is 13.8. The highest BCUT2D eigenvalue weighted by molar-refractivity contribution is 5.95. The Morgan fingerprint density at radius 3 is 2.69 bits per heavy atom. The summed E-state index contributed by atoms with van der Waals surface area (Å²) >= 11 is 0. The molecule has 0 spiro atoms. The van der Waals surface area contributed by atoms with Crippen LogP contribution >= 0.6 is 0 Å². The second-order valence-electron chi connectivity index (χ2n) is 6.85. The van der Waals surface area contributed by atoms with Gasteiger partial charge in [-0.2, -0.15) is 5.10 Å². The first-order valence-electron chi connectivity index (χ1n) is 8.81. The van der Waals surface area contributed by atoms with E-state index < -0.39 is 0 Å². The lowest BCUT2D eigenvalue weighted by Crippen LogP contribution is -2.37. The highest BCUT2D eigenvalue weighted by Gasteiger charge is 2.25. The van der Waals surface area contributed by atoms with Crippen molar-refractivity contribution >= 4 is 17.6 Å². The van der Waals surface area contributed by atoms with E-state index in [4.69, 9.17) is 0 Å². The van der Waals surface area contributed by atoms with Crippen molar-refractivity contribution < 1.29 is 9.59 Å². The van der Waals surface area contributed by atoms with Crippen molar-refractivity contribution in [3.8, 4) is 0 Å². The number of carbonyl (C=O) groups excluding carboxylic acids is 2. The maximum Gasteiger partial charge on any atom is 0.251 e. The number of amides is 2. The summed E-state index contributed by atoms with van der Waals surface area (Å²) in [6.45, 7) is 4.45. The number of hydrogen-bond acceptors (Lipinski definition) is 4. The van der Waals surface area contributed by atoms with Crippen LogP contribution in [0.15, 0.2) is 30.3 Å². The Hall–Kier alpha value is -2.67. The number of hydrogen-bond donors (Lipinski definition) is 1. The number of nitrogens with one attached hydrogen (secondary N) is 1. The minimum Gasteiger partial charge on any atom is -0.351 e. The molecule has 1 N–H and O–H groups in total. The van der Waals surface area contributed by atoms with E-state index in [1.54, 1.807) is 17.0 Å². The number of anilines is 1. The summed E-state index contributed by atoms with van der Waals surface area (Å²) in [5.41, 5.74) is 2.51. The van der Waals surface area contributed by atoms with Crippen molar-refractivity contribution in [1.82, 2.24) is 20.0 Å². The van der Waals surface area contributed by atoms with Crippen LogP contribution in [0.5, 0.6) is 0 Å². The molecule has 1 aliphatic rings. The molecule has 2 amide bonds. The molecule has 0 saturated heterocycles. The fourth-order valence-electron chi connectivity index (χ4n) is 2.99. The standard InChI is InChI=1S/C19H25N5O2/c1-14-12-17-23(18(25)8-10-24(17)21-14)13-15-4-6-16(7-5-15)19(26)20-9-11-22(2)3/h4-7,12H,8-11,13H2,1-3H3,(H,20,26). The molecule has 26 heavy (non-hydrogen) atoms. The van der Waals surface area contributed by atoms with Gasteiger partial charge >= 0.3 is 0 Å². The third-order valence-corrected chi connectivity index (χ3v) is 4.40. The molecule has 0 fully saturated rings. The summed E-state index contributed by atoms with van der Waals surface area (Å²) in [6, 6.07) is 9.34. The molecule has 0 radical (unpaired) electrons. The van der Waals surface area contributed by atoms with Crippen LogP contribution in [0.3, 0.4) is 0 Å². The van der Waals surface area contributed by atoms with Crippen molar-refractivity contribution in [2.75, 3.05) is 32.1 Å². The van der Waals surface area contributed by atoms with E-state index in [9.17, 15) is 9.59 Å². The monoisotopic (exact) mass is 355 g/mol. The minimum absolute atomic E-state index is 0.0823. The van der Waals surface area contributed by atoms with E-state index in [0.29, 0.717) is 31.6 Å². The molecular formula is C19H25N5O2. The Balaban J connectivity index is 1.66. The number of aromatic nitrogens is 2. The maximum atomic E-state index is 12.3. The molecule has 0 saturated carbocycles. The largest absolute Gasteiger partial charge is 0.351 e. The van der Waals surface area contributed by atoms with Gasteiger partial charge in [0.05, 0.1) is 18.8 Å². The number of benzene rings is 1. The molecule has 0 bridgehead atoms. The topological polar surface area (TPSA) is 70.5 Å². The molecule has 7 nitrogen and oxygen atoms in total. The zero-order chi connectivity index (χ0) is 18.7. The van der Waals surface area contributed by atoms with Gasteiger partial charge in [-0.05, 0) is 38.7 Å². The summed E-state index contributed by atoms with van der Waals surface area (Å²) in [6.07, 6.45) is 0.459. The number of carbonyl (C=O) groups is 2. The van der Waals surface area contributed by atoms with Gasteiger partial charge in [-0.1, -0.05) is 12.1 Å². The molecule has 3 rings (SSSR count). The maximum absolute atomic E-state index is 12.3. The second kappa shape index (κ2) is 7.70. The molecule has 0 atom stereocenters. The van der Waals surface area contributed by atoms with E-state index >= 15 is 0 Å². The zero-order valence-electron chi connectivity index (χ0n) is 15.5. The predicted molar refractivity (Wildman–Crippen MR) is 100 cm³/mol. The molecule has 0 unspecified atom stereocenters. The lowest BCUT2D eigenvalue weighted by molar-refractivity contribution is -0.119. The van der Waals surface area contributed by atoms with E-state index in [1.807, 2.05) is 48.8 Å². The molecule has 0 aliphatic carbocycles. The highest BCUT2D eigenvalue weighted by Crippen LogP contribution is 2.24. The average Bonchev–Trinajstić information content (AvgIpc) is 2.98. The van der Waals surface area contributed by atoms with Crippen LogP contribution in [-0.4, -0.2) is 53.7 Å². The van der Waals surface area contributed by atoms with Gasteiger partial charge in [-0.3, -0.25) is 14.5 Å². The molecule has 1 aromatic carbocycles. The lowest BCUT2D eigenvalue weighted by Gasteiger charge is -2.27. The molecule has 1 aliphatic heterocycles. The van der Waals surface area contributed by atoms with E-state index in [1.165, 1.54) is 0 Å². The van der Waals surface area contributed by atoms with Crippen molar-refractivity contribution in [3.05, 3.63) is 47.2 Å². The van der Waals surface area contributed by atoms with Gasteiger partial charge in [0.15, 0.2) is 0 Å². The third kappa shape index (κ3) is 4.11. The third-order valence-electron chi connectivity index (χ3n) is 4.40. The van der Waals surface area contributed by atoms with Crippen molar-refractivity contribution in [2.45, 2.75) is 26.4 Å². The summed E-state index contributed by atoms with van der Waals surface area (Å²) in [5.74, 6) is 0.855. The Kier molecular flexibility index (Phi) is 5.37. The van der Waals surface area contributed by atoms with Crippen LogP contribution < -0.4 is 10.2 Å². The molecule has 2 aromatic rings. The van der Waals surface area contributed by atoms with Gasteiger partial charge in [0.2, 0.25) is 5.91 Å². The molecule has 138 valence electrons. The quantitative estimate of drug-likeness (QED) is 0.851. The highest BCUT2D eigenvalue weighted by atomic mass is 16.2. The van der Waals surface area contributed by atoms with Gasteiger partial charge in [-0.15, -0.1) is 0 Å². The van der Waals surface area contributed by atoms with Crippen LogP contribution in [0.1, 0.15) is 28.0 Å². The van der Waals surface area contributed by atoms with E-state index in [0.717, 1.165) is 23.6 Å². The molecule has 1 aromatic heterocycles. The summed E-state index contributed by atoms with van der Waals surface area (Å²) in [5, 5.41) is 7.32. The van der Waals surface area contributed by atoms with Gasteiger partial charge in [0, 0.05) is 31.1 Å². The SMILES string of the molecule is Cc1cc2n(n1)CCC(=O)N2Cc1ccc(C(=O)NCCN(C)C)cc1. The number of nitrogens with zero attached hydrogens (tertiary/aromatic N) is 4. The first-order valence-corrected chi connectivity index (χ1v) is 8.81. The van der Waals surface area contributed by atoms with Crippen molar-refractivity contribution in [1.29, 1.82) is 0 Å². The number of rotatable bonds is 6.